The summed E-state index contributed by atoms with van der Waals surface area (Å²) in [5.74, 6) is -1.97. The van der Waals surface area contributed by atoms with E-state index in [0.717, 1.165) is 31.2 Å². The van der Waals surface area contributed by atoms with Gasteiger partial charge in [-0.15, -0.1) is 0 Å². The minimum absolute atomic E-state index is 0.0264. The molecule has 0 radical (unpaired) electrons. The number of carbonyl (C=O) groups is 3. The molecular weight excluding hydrogens is 449 g/mol. The normalized spacial score (nSPS) is 14.3. The van der Waals surface area contributed by atoms with E-state index in [1.807, 2.05) is 19.1 Å². The first-order valence-corrected chi connectivity index (χ1v) is 11.7. The van der Waals surface area contributed by atoms with Crippen molar-refractivity contribution < 1.29 is 23.2 Å². The first kappa shape index (κ1) is 24.2. The fraction of sp³-hybridized carbons (Fsp3) is 0.296. The third-order valence-corrected chi connectivity index (χ3v) is 6.10. The van der Waals surface area contributed by atoms with Crippen molar-refractivity contribution in [2.24, 2.45) is 0 Å². The summed E-state index contributed by atoms with van der Waals surface area (Å²) < 4.78 is 19.3. The maximum atomic E-state index is 14.2. The van der Waals surface area contributed by atoms with Gasteiger partial charge in [-0.25, -0.2) is 4.39 Å². The molecule has 0 aliphatic heterocycles. The first-order chi connectivity index (χ1) is 16.9. The molecule has 3 aromatic rings. The van der Waals surface area contributed by atoms with Gasteiger partial charge < -0.3 is 15.1 Å². The van der Waals surface area contributed by atoms with Crippen molar-refractivity contribution in [3.8, 4) is 0 Å². The minimum Gasteiger partial charge on any atom is -0.459 e. The van der Waals surface area contributed by atoms with E-state index in [0.29, 0.717) is 5.56 Å². The van der Waals surface area contributed by atoms with E-state index >= 15 is 0 Å². The van der Waals surface area contributed by atoms with E-state index in [9.17, 15) is 18.8 Å². The summed E-state index contributed by atoms with van der Waals surface area (Å²) in [5.41, 5.74) is 1.80. The molecule has 0 saturated heterocycles. The Morgan fingerprint density at radius 2 is 1.80 bits per heavy atom. The molecule has 0 spiro atoms. The Labute approximate surface area is 203 Å². The molecule has 3 amide bonds. The highest BCUT2D eigenvalue weighted by atomic mass is 19.1. The van der Waals surface area contributed by atoms with Gasteiger partial charge in [0.1, 0.15) is 11.9 Å². The molecule has 2 N–H and O–H groups in total. The van der Waals surface area contributed by atoms with Crippen LogP contribution in [-0.4, -0.2) is 30.3 Å². The second-order valence-corrected chi connectivity index (χ2v) is 8.71. The molecule has 35 heavy (non-hydrogen) atoms. The van der Waals surface area contributed by atoms with Crippen LogP contribution in [-0.2, 0) is 9.59 Å². The van der Waals surface area contributed by atoms with Gasteiger partial charge in [0.15, 0.2) is 5.76 Å². The number of carbonyl (C=O) groups excluding carboxylic acids is 3. The van der Waals surface area contributed by atoms with Crippen LogP contribution in [0.25, 0.3) is 0 Å². The zero-order valence-corrected chi connectivity index (χ0v) is 19.5. The number of benzene rings is 2. The van der Waals surface area contributed by atoms with Crippen molar-refractivity contribution in [3.63, 3.8) is 0 Å². The molecule has 1 atom stereocenters. The fourth-order valence-corrected chi connectivity index (χ4v) is 4.32. The molecule has 182 valence electrons. The van der Waals surface area contributed by atoms with Gasteiger partial charge in [0.05, 0.1) is 12.8 Å². The topological polar surface area (TPSA) is 91.7 Å². The number of halogens is 1. The quantitative estimate of drug-likeness (QED) is 0.506. The van der Waals surface area contributed by atoms with Gasteiger partial charge >= 0.3 is 0 Å². The Hall–Kier alpha value is -3.94. The second kappa shape index (κ2) is 11.0. The highest BCUT2D eigenvalue weighted by Crippen LogP contribution is 2.30. The third kappa shape index (κ3) is 5.95. The molecule has 2 aromatic carbocycles. The van der Waals surface area contributed by atoms with Crippen molar-refractivity contribution >= 4 is 23.4 Å². The standard InChI is InChI=1S/C27H28FN3O4/c1-18-11-13-19(14-12-18)25(27(34)30-21-7-2-3-8-21)31(22-9-4-6-20(28)16-22)24(32)17-29-26(33)23-10-5-15-35-23/h4-6,9-16,21,25H,2-3,7-8,17H2,1H3,(H,29,33)(H,30,34)/t25-/m1/s1. The highest BCUT2D eigenvalue weighted by Gasteiger charge is 2.34. The summed E-state index contributed by atoms with van der Waals surface area (Å²) in [4.78, 5) is 40.7. The Morgan fingerprint density at radius 3 is 2.46 bits per heavy atom. The van der Waals surface area contributed by atoms with Crippen molar-refractivity contribution in [2.75, 3.05) is 11.4 Å². The van der Waals surface area contributed by atoms with Crippen LogP contribution in [0.2, 0.25) is 0 Å². The number of nitrogens with zero attached hydrogens (tertiary/aromatic N) is 1. The molecule has 1 saturated carbocycles. The molecule has 8 heteroatoms. The van der Waals surface area contributed by atoms with E-state index in [2.05, 4.69) is 10.6 Å². The maximum Gasteiger partial charge on any atom is 0.287 e. The molecule has 1 fully saturated rings. The molecule has 0 bridgehead atoms. The summed E-state index contributed by atoms with van der Waals surface area (Å²) in [7, 11) is 0. The van der Waals surface area contributed by atoms with E-state index in [-0.39, 0.29) is 23.4 Å². The van der Waals surface area contributed by atoms with Gasteiger partial charge in [-0.05, 0) is 55.7 Å². The van der Waals surface area contributed by atoms with Crippen molar-refractivity contribution in [2.45, 2.75) is 44.7 Å². The van der Waals surface area contributed by atoms with E-state index in [1.54, 1.807) is 24.3 Å². The first-order valence-electron chi connectivity index (χ1n) is 11.7. The lowest BCUT2D eigenvalue weighted by atomic mass is 10.0. The minimum atomic E-state index is -1.05. The summed E-state index contributed by atoms with van der Waals surface area (Å²) in [6.07, 6.45) is 5.17. The number of nitrogens with one attached hydrogen (secondary N) is 2. The summed E-state index contributed by atoms with van der Waals surface area (Å²) in [5, 5.41) is 5.60. The van der Waals surface area contributed by atoms with E-state index < -0.39 is 30.2 Å². The number of hydrogen-bond donors (Lipinski definition) is 2. The van der Waals surface area contributed by atoms with Crippen molar-refractivity contribution in [3.05, 3.63) is 89.6 Å². The van der Waals surface area contributed by atoms with Crippen LogP contribution in [0, 0.1) is 12.7 Å². The number of aryl methyl sites for hydroxylation is 1. The molecule has 1 heterocycles. The average molecular weight is 478 g/mol. The van der Waals surface area contributed by atoms with E-state index in [1.165, 1.54) is 35.4 Å². The lowest BCUT2D eigenvalue weighted by molar-refractivity contribution is -0.126. The van der Waals surface area contributed by atoms with Gasteiger partial charge in [-0.3, -0.25) is 19.3 Å². The van der Waals surface area contributed by atoms with Crippen LogP contribution < -0.4 is 15.5 Å². The Balaban J connectivity index is 1.68. The molecular formula is C27H28FN3O4. The van der Waals surface area contributed by atoms with Crippen LogP contribution in [0.5, 0.6) is 0 Å². The number of amides is 3. The summed E-state index contributed by atoms with van der Waals surface area (Å²) in [6.45, 7) is 1.52. The van der Waals surface area contributed by atoms with Crippen LogP contribution in [0.15, 0.2) is 71.3 Å². The predicted octanol–water partition coefficient (Wildman–Crippen LogP) is 4.29. The van der Waals surface area contributed by atoms with Gasteiger partial charge in [-0.1, -0.05) is 48.7 Å². The molecule has 1 aliphatic carbocycles. The molecule has 7 nitrogen and oxygen atoms in total. The SMILES string of the molecule is Cc1ccc([C@H](C(=O)NC2CCCC2)N(C(=O)CNC(=O)c2ccco2)c2cccc(F)c2)cc1. The van der Waals surface area contributed by atoms with Crippen molar-refractivity contribution in [1.82, 2.24) is 10.6 Å². The van der Waals surface area contributed by atoms with Gasteiger partial charge in [0.2, 0.25) is 11.8 Å². The smallest absolute Gasteiger partial charge is 0.287 e. The second-order valence-electron chi connectivity index (χ2n) is 8.71. The Bertz CT molecular complexity index is 1170. The average Bonchev–Trinajstić information content (AvgIpc) is 3.56. The van der Waals surface area contributed by atoms with Crippen LogP contribution in [0.1, 0.15) is 53.4 Å². The number of anilines is 1. The Morgan fingerprint density at radius 1 is 1.06 bits per heavy atom. The molecule has 1 aromatic heterocycles. The predicted molar refractivity (Wildman–Crippen MR) is 129 cm³/mol. The lowest BCUT2D eigenvalue weighted by Crippen LogP contribution is -2.49. The third-order valence-electron chi connectivity index (χ3n) is 6.10. The van der Waals surface area contributed by atoms with Crippen molar-refractivity contribution in [1.29, 1.82) is 0 Å². The van der Waals surface area contributed by atoms with Crippen LogP contribution in [0.4, 0.5) is 10.1 Å². The molecule has 1 aliphatic rings. The zero-order chi connectivity index (χ0) is 24.8. The monoisotopic (exact) mass is 477 g/mol. The van der Waals surface area contributed by atoms with E-state index in [4.69, 9.17) is 4.42 Å². The van der Waals surface area contributed by atoms with Crippen LogP contribution >= 0.6 is 0 Å². The van der Waals surface area contributed by atoms with Crippen LogP contribution in [0.3, 0.4) is 0 Å². The number of hydrogen-bond acceptors (Lipinski definition) is 4. The maximum absolute atomic E-state index is 14.2. The zero-order valence-electron chi connectivity index (χ0n) is 19.5. The number of furan rings is 1. The van der Waals surface area contributed by atoms with Gasteiger partial charge in [0.25, 0.3) is 5.91 Å². The largest absolute Gasteiger partial charge is 0.459 e. The highest BCUT2D eigenvalue weighted by molar-refractivity contribution is 6.04. The number of rotatable bonds is 8. The molecule has 0 unspecified atom stereocenters. The van der Waals surface area contributed by atoms with Gasteiger partial charge in [0, 0.05) is 11.7 Å². The van der Waals surface area contributed by atoms with Gasteiger partial charge in [-0.2, -0.15) is 0 Å². The summed E-state index contributed by atoms with van der Waals surface area (Å²) in [6, 6.07) is 14.8. The lowest BCUT2D eigenvalue weighted by Gasteiger charge is -2.32. The molecule has 4 rings (SSSR count). The summed E-state index contributed by atoms with van der Waals surface area (Å²) >= 11 is 0. The fourth-order valence-electron chi connectivity index (χ4n) is 4.32. The Kier molecular flexibility index (Phi) is 7.60.